The number of nitrogens with one attached hydrogen (secondary N) is 2. The Kier molecular flexibility index (Phi) is 6.35. The van der Waals surface area contributed by atoms with Crippen molar-refractivity contribution >= 4 is 58.4 Å². The van der Waals surface area contributed by atoms with Crippen LogP contribution in [-0.4, -0.2) is 31.9 Å². The number of allylic oxidation sites excluding steroid dienone is 2. The summed E-state index contributed by atoms with van der Waals surface area (Å²) in [7, 11) is 0. The third-order valence-corrected chi connectivity index (χ3v) is 6.97. The molecule has 2 aromatic heterocycles. The van der Waals surface area contributed by atoms with E-state index in [1.807, 2.05) is 48.6 Å². The van der Waals surface area contributed by atoms with Crippen molar-refractivity contribution in [3.8, 4) is 12.0 Å². The van der Waals surface area contributed by atoms with Crippen LogP contribution in [0.1, 0.15) is 46.5 Å². The fourth-order valence-electron chi connectivity index (χ4n) is 4.79. The molecule has 10 heteroatoms. The minimum atomic E-state index is -1.22. The molecule has 0 fully saturated rings. The van der Waals surface area contributed by atoms with Gasteiger partial charge in [0.25, 0.3) is 0 Å². The summed E-state index contributed by atoms with van der Waals surface area (Å²) in [5, 5.41) is 1.42. The molecule has 2 N–H and O–H groups in total. The largest absolute Gasteiger partial charge is 0.425 e. The molecule has 190 valence electrons. The Balaban J connectivity index is 1.08. The van der Waals surface area contributed by atoms with Gasteiger partial charge in [-0.1, -0.05) is 35.3 Å². The predicted molar refractivity (Wildman–Crippen MR) is 144 cm³/mol. The molecule has 0 unspecified atom stereocenters. The van der Waals surface area contributed by atoms with Crippen LogP contribution in [0.2, 0.25) is 10.0 Å². The summed E-state index contributed by atoms with van der Waals surface area (Å²) in [5.41, 5.74) is 8.14. The Morgan fingerprint density at radius 2 is 1.16 bits per heavy atom. The number of esters is 2. The average Bonchev–Trinajstić information content (AvgIpc) is 3.68. The lowest BCUT2D eigenvalue weighted by atomic mass is 10.1. The fraction of sp³-hybridized carbons (Fsp3) is 0.143. The van der Waals surface area contributed by atoms with Crippen molar-refractivity contribution < 1.29 is 19.1 Å². The van der Waals surface area contributed by atoms with E-state index < -0.39 is 11.9 Å². The maximum absolute atomic E-state index is 12.3. The molecular formula is C28H20Cl2N4O4. The van der Waals surface area contributed by atoms with Crippen LogP contribution in [0.4, 0.5) is 0 Å². The lowest BCUT2D eigenvalue weighted by Crippen LogP contribution is -2.26. The first-order chi connectivity index (χ1) is 18.4. The highest BCUT2D eigenvalue weighted by Gasteiger charge is 2.23. The molecule has 38 heavy (non-hydrogen) atoms. The first-order valence-electron chi connectivity index (χ1n) is 11.9. The number of benzene rings is 2. The van der Waals surface area contributed by atoms with E-state index >= 15 is 0 Å². The van der Waals surface area contributed by atoms with Crippen LogP contribution < -0.4 is 9.47 Å². The lowest BCUT2D eigenvalue weighted by Gasteiger charge is -2.01. The summed E-state index contributed by atoms with van der Waals surface area (Å²) >= 11 is 12.2. The second-order valence-corrected chi connectivity index (χ2v) is 9.88. The maximum Gasteiger partial charge on any atom is 0.425 e. The van der Waals surface area contributed by atoms with E-state index in [4.69, 9.17) is 32.7 Å². The Labute approximate surface area is 227 Å². The molecule has 0 saturated carbocycles. The SMILES string of the molecule is O=C(Oc1ncc(C=C2CCc3cc(Cl)ccc32)[nH]1)C(=O)Oc1ncc(C=C2CCc3cc(Cl)ccc32)[nH]1. The molecule has 8 nitrogen and oxygen atoms in total. The normalized spacial score (nSPS) is 16.1. The molecule has 2 aliphatic rings. The molecule has 0 aliphatic heterocycles. The van der Waals surface area contributed by atoms with Gasteiger partial charge in [0.1, 0.15) is 0 Å². The topological polar surface area (TPSA) is 110 Å². The van der Waals surface area contributed by atoms with E-state index in [0.29, 0.717) is 21.4 Å². The minimum absolute atomic E-state index is 0.113. The van der Waals surface area contributed by atoms with Crippen LogP contribution in [0.3, 0.4) is 0 Å². The number of ether oxygens (including phenoxy) is 2. The highest BCUT2D eigenvalue weighted by atomic mass is 35.5. The summed E-state index contributed by atoms with van der Waals surface area (Å²) in [6, 6.07) is 11.4. The zero-order valence-corrected chi connectivity index (χ0v) is 21.4. The summed E-state index contributed by atoms with van der Waals surface area (Å²) in [4.78, 5) is 38.4. The highest BCUT2D eigenvalue weighted by molar-refractivity contribution is 6.31. The molecule has 0 atom stereocenters. The van der Waals surface area contributed by atoms with Crippen LogP contribution in [0.25, 0.3) is 23.3 Å². The summed E-state index contributed by atoms with van der Waals surface area (Å²) in [6.45, 7) is 0. The Hall–Kier alpha value is -4.14. The third-order valence-electron chi connectivity index (χ3n) is 6.50. The first kappa shape index (κ1) is 24.2. The van der Waals surface area contributed by atoms with E-state index in [2.05, 4.69) is 19.9 Å². The van der Waals surface area contributed by atoms with Gasteiger partial charge in [0, 0.05) is 10.0 Å². The Morgan fingerprint density at radius 3 is 1.61 bits per heavy atom. The number of halogens is 2. The third kappa shape index (κ3) is 5.01. The molecule has 2 aromatic carbocycles. The number of carbonyl (C=O) groups excluding carboxylic acids is 2. The van der Waals surface area contributed by atoms with Gasteiger partial charge in [-0.3, -0.25) is 0 Å². The van der Waals surface area contributed by atoms with E-state index in [1.54, 1.807) is 0 Å². The van der Waals surface area contributed by atoms with Gasteiger partial charge in [-0.2, -0.15) is 0 Å². The van der Waals surface area contributed by atoms with Gasteiger partial charge in [0.15, 0.2) is 0 Å². The molecule has 0 radical (unpaired) electrons. The van der Waals surface area contributed by atoms with Gasteiger partial charge in [-0.05, 0) is 95.5 Å². The number of aromatic amines is 2. The fourth-order valence-corrected chi connectivity index (χ4v) is 5.18. The van der Waals surface area contributed by atoms with Gasteiger partial charge in [-0.25, -0.2) is 19.6 Å². The number of carbonyl (C=O) groups is 2. The Bertz CT molecular complexity index is 1530. The number of nitrogens with zero attached hydrogens (tertiary/aromatic N) is 2. The molecular weight excluding hydrogens is 527 g/mol. The van der Waals surface area contributed by atoms with Crippen LogP contribution in [0.5, 0.6) is 12.0 Å². The first-order valence-corrected chi connectivity index (χ1v) is 12.7. The van der Waals surface area contributed by atoms with Crippen molar-refractivity contribution in [2.45, 2.75) is 25.7 Å². The Morgan fingerprint density at radius 1 is 0.711 bits per heavy atom. The average molecular weight is 547 g/mol. The summed E-state index contributed by atoms with van der Waals surface area (Å²) < 4.78 is 10.1. The minimum Gasteiger partial charge on any atom is -0.384 e. The monoisotopic (exact) mass is 546 g/mol. The zero-order chi connectivity index (χ0) is 26.2. The number of hydrogen-bond acceptors (Lipinski definition) is 6. The summed E-state index contributed by atoms with van der Waals surface area (Å²) in [5.74, 6) is -2.45. The van der Waals surface area contributed by atoms with Crippen molar-refractivity contribution in [2.75, 3.05) is 0 Å². The second-order valence-electron chi connectivity index (χ2n) is 9.01. The summed E-state index contributed by atoms with van der Waals surface area (Å²) in [6.07, 6.45) is 10.4. The molecule has 0 spiro atoms. The van der Waals surface area contributed by atoms with E-state index in [1.165, 1.54) is 23.5 Å². The van der Waals surface area contributed by atoms with Gasteiger partial charge < -0.3 is 19.4 Å². The van der Waals surface area contributed by atoms with Crippen LogP contribution in [0.15, 0.2) is 48.8 Å². The lowest BCUT2D eigenvalue weighted by molar-refractivity contribution is -0.156. The zero-order valence-electron chi connectivity index (χ0n) is 19.9. The highest BCUT2D eigenvalue weighted by Crippen LogP contribution is 2.36. The number of imidazole rings is 2. The maximum atomic E-state index is 12.3. The van der Waals surface area contributed by atoms with Crippen molar-refractivity contribution in [1.82, 2.24) is 19.9 Å². The molecule has 2 aliphatic carbocycles. The number of fused-ring (bicyclic) bond motifs is 2. The van der Waals surface area contributed by atoms with Gasteiger partial charge in [0.05, 0.1) is 23.8 Å². The molecule has 0 saturated heterocycles. The van der Waals surface area contributed by atoms with E-state index in [9.17, 15) is 9.59 Å². The number of aromatic nitrogens is 4. The molecule has 0 amide bonds. The van der Waals surface area contributed by atoms with E-state index in [0.717, 1.165) is 48.0 Å². The molecule has 4 aromatic rings. The van der Waals surface area contributed by atoms with Gasteiger partial charge >= 0.3 is 24.0 Å². The van der Waals surface area contributed by atoms with Crippen LogP contribution in [0, 0.1) is 0 Å². The standard InChI is InChI=1S/C28H20Cl2N4O4/c29-19-5-7-23-15(9-19)1-3-17(23)11-21-13-31-27(33-21)37-25(35)26(36)38-28-32-14-22(34-28)12-18-4-2-16-10-20(30)6-8-24(16)18/h5-14H,1-4H2,(H,31,33)(H,32,34). The van der Waals surface area contributed by atoms with Crippen molar-refractivity contribution in [1.29, 1.82) is 0 Å². The van der Waals surface area contributed by atoms with Gasteiger partial charge in [0.2, 0.25) is 0 Å². The van der Waals surface area contributed by atoms with Crippen LogP contribution in [-0.2, 0) is 22.4 Å². The van der Waals surface area contributed by atoms with Crippen molar-refractivity contribution in [3.05, 3.63) is 92.5 Å². The molecule has 0 bridgehead atoms. The van der Waals surface area contributed by atoms with Crippen molar-refractivity contribution in [3.63, 3.8) is 0 Å². The van der Waals surface area contributed by atoms with Crippen LogP contribution >= 0.6 is 23.2 Å². The number of H-pyrrole nitrogens is 2. The predicted octanol–water partition coefficient (Wildman–Crippen LogP) is 5.92. The number of aryl methyl sites for hydroxylation is 2. The van der Waals surface area contributed by atoms with Gasteiger partial charge in [-0.15, -0.1) is 0 Å². The smallest absolute Gasteiger partial charge is 0.384 e. The number of rotatable bonds is 4. The van der Waals surface area contributed by atoms with Crippen molar-refractivity contribution in [2.24, 2.45) is 0 Å². The molecule has 6 rings (SSSR count). The quantitative estimate of drug-likeness (QED) is 0.242. The molecule has 2 heterocycles. The second kappa shape index (κ2) is 9.96. The number of hydrogen-bond donors (Lipinski definition) is 2. The van der Waals surface area contributed by atoms with E-state index in [-0.39, 0.29) is 12.0 Å².